The van der Waals surface area contributed by atoms with Gasteiger partial charge in [-0.25, -0.2) is 9.97 Å². The monoisotopic (exact) mass is 493 g/mol. The maximum absolute atomic E-state index is 12.7. The van der Waals surface area contributed by atoms with Crippen molar-refractivity contribution in [3.63, 3.8) is 0 Å². The number of imidazole rings is 1. The minimum absolute atomic E-state index is 0.127. The summed E-state index contributed by atoms with van der Waals surface area (Å²) in [6.07, 6.45) is 7.32. The Labute approximate surface area is 203 Å². The van der Waals surface area contributed by atoms with Crippen molar-refractivity contribution in [1.29, 1.82) is 0 Å². The van der Waals surface area contributed by atoms with Crippen molar-refractivity contribution in [3.05, 3.63) is 75.3 Å². The summed E-state index contributed by atoms with van der Waals surface area (Å²) in [6.45, 7) is 6.26. The molecular formula is C23H23N7O2S2. The Morgan fingerprint density at radius 1 is 1.26 bits per heavy atom. The second kappa shape index (κ2) is 9.07. The first kappa shape index (κ1) is 22.4. The molecule has 5 rings (SSSR count). The molecule has 0 saturated carbocycles. The van der Waals surface area contributed by atoms with E-state index in [-0.39, 0.29) is 16.7 Å². The molecule has 0 bridgehead atoms. The lowest BCUT2D eigenvalue weighted by atomic mass is 10.2. The van der Waals surface area contributed by atoms with Gasteiger partial charge in [-0.05, 0) is 38.5 Å². The molecule has 0 aliphatic rings. The third kappa shape index (κ3) is 4.48. The van der Waals surface area contributed by atoms with Gasteiger partial charge in [0.2, 0.25) is 5.91 Å². The number of thioether (sulfide) groups is 1. The Morgan fingerprint density at radius 3 is 2.94 bits per heavy atom. The van der Waals surface area contributed by atoms with E-state index in [1.54, 1.807) is 17.1 Å². The van der Waals surface area contributed by atoms with Gasteiger partial charge in [0.25, 0.3) is 5.56 Å². The summed E-state index contributed by atoms with van der Waals surface area (Å²) in [4.78, 5) is 39.0. The lowest BCUT2D eigenvalue weighted by Crippen LogP contribution is -2.22. The van der Waals surface area contributed by atoms with E-state index in [1.807, 2.05) is 55.8 Å². The van der Waals surface area contributed by atoms with Gasteiger partial charge in [0, 0.05) is 23.5 Å². The fraction of sp³-hybridized carbons (Fsp3) is 0.261. The summed E-state index contributed by atoms with van der Waals surface area (Å²) in [7, 11) is 0. The van der Waals surface area contributed by atoms with Crippen molar-refractivity contribution in [2.24, 2.45) is 0 Å². The molecule has 5 aromatic heterocycles. The van der Waals surface area contributed by atoms with E-state index in [4.69, 9.17) is 0 Å². The van der Waals surface area contributed by atoms with Crippen LogP contribution in [0.2, 0.25) is 0 Å². The van der Waals surface area contributed by atoms with Gasteiger partial charge in [-0.1, -0.05) is 6.07 Å². The van der Waals surface area contributed by atoms with Crippen LogP contribution in [-0.2, 0) is 17.1 Å². The van der Waals surface area contributed by atoms with Crippen LogP contribution >= 0.6 is 23.1 Å². The number of nitrogens with one attached hydrogen (secondary N) is 2. The molecule has 0 saturated heterocycles. The van der Waals surface area contributed by atoms with Gasteiger partial charge in [-0.2, -0.15) is 5.10 Å². The number of aromatic amines is 1. The summed E-state index contributed by atoms with van der Waals surface area (Å²) >= 11 is 2.94. The molecule has 0 fully saturated rings. The topological polar surface area (TPSA) is 110 Å². The second-order valence-corrected chi connectivity index (χ2v) is 10.6. The Morgan fingerprint density at radius 2 is 2.12 bits per heavy atom. The fourth-order valence-electron chi connectivity index (χ4n) is 3.64. The number of H-pyrrole nitrogens is 1. The summed E-state index contributed by atoms with van der Waals surface area (Å²) in [6, 6.07) is 5.85. The number of thiophene rings is 1. The van der Waals surface area contributed by atoms with Crippen LogP contribution in [0.15, 0.2) is 47.8 Å². The van der Waals surface area contributed by atoms with Crippen LogP contribution in [0.25, 0.3) is 15.9 Å². The van der Waals surface area contributed by atoms with E-state index in [2.05, 4.69) is 25.4 Å². The Balaban J connectivity index is 1.19. The molecular weight excluding hydrogens is 470 g/mol. The zero-order valence-corrected chi connectivity index (χ0v) is 20.5. The molecule has 5 heterocycles. The van der Waals surface area contributed by atoms with Crippen LogP contribution in [0, 0.1) is 13.8 Å². The van der Waals surface area contributed by atoms with Crippen LogP contribution in [0.5, 0.6) is 0 Å². The molecule has 1 unspecified atom stereocenters. The Hall–Kier alpha value is -3.44. The van der Waals surface area contributed by atoms with Crippen LogP contribution in [-0.4, -0.2) is 40.3 Å². The molecule has 1 amide bonds. The van der Waals surface area contributed by atoms with Crippen molar-refractivity contribution >= 4 is 50.6 Å². The molecule has 0 aromatic carbocycles. The van der Waals surface area contributed by atoms with E-state index in [0.717, 1.165) is 26.6 Å². The van der Waals surface area contributed by atoms with Crippen molar-refractivity contribution < 1.29 is 4.79 Å². The largest absolute Gasteiger partial charge is 0.322 e. The molecule has 34 heavy (non-hydrogen) atoms. The molecule has 0 radical (unpaired) electrons. The third-order valence-electron chi connectivity index (χ3n) is 5.57. The van der Waals surface area contributed by atoms with E-state index in [9.17, 15) is 9.59 Å². The van der Waals surface area contributed by atoms with Crippen LogP contribution < -0.4 is 10.9 Å². The number of pyridine rings is 1. The Bertz CT molecular complexity index is 1530. The summed E-state index contributed by atoms with van der Waals surface area (Å²) in [5, 5.41) is 7.55. The minimum Gasteiger partial charge on any atom is -0.322 e. The Kier molecular flexibility index (Phi) is 5.96. The molecule has 5 aromatic rings. The normalized spacial score (nSPS) is 12.4. The zero-order chi connectivity index (χ0) is 23.8. The lowest BCUT2D eigenvalue weighted by Gasteiger charge is -2.10. The van der Waals surface area contributed by atoms with Crippen LogP contribution in [0.4, 0.5) is 5.69 Å². The van der Waals surface area contributed by atoms with Gasteiger partial charge in [0.1, 0.15) is 16.3 Å². The maximum atomic E-state index is 12.7. The predicted octanol–water partition coefficient (Wildman–Crippen LogP) is 3.75. The number of carbonyl (C=O) groups excluding carboxylic acids is 1. The van der Waals surface area contributed by atoms with E-state index < -0.39 is 0 Å². The standard InChI is InChI=1S/C23H23N7O2S2/c1-13-14(2)34-23-20(13)22(32)27-18(28-23)12-33-15(3)21(31)26-16-8-24-30(10-16)11-17-9-29-7-5-4-6-19(29)25-17/h4-10,15H,11-12H2,1-3H3,(H,26,31)(H,27,28,32). The second-order valence-electron chi connectivity index (χ2n) is 8.04. The van der Waals surface area contributed by atoms with Gasteiger partial charge >= 0.3 is 0 Å². The van der Waals surface area contributed by atoms with Crippen LogP contribution in [0.3, 0.4) is 0 Å². The third-order valence-corrected chi connectivity index (χ3v) is 7.82. The highest BCUT2D eigenvalue weighted by molar-refractivity contribution is 7.99. The van der Waals surface area contributed by atoms with Crippen molar-refractivity contribution in [1.82, 2.24) is 29.1 Å². The van der Waals surface area contributed by atoms with Gasteiger partial charge in [-0.3, -0.25) is 14.3 Å². The van der Waals surface area contributed by atoms with Gasteiger partial charge < -0.3 is 14.7 Å². The van der Waals surface area contributed by atoms with Crippen LogP contribution in [0.1, 0.15) is 28.9 Å². The molecule has 0 spiro atoms. The lowest BCUT2D eigenvalue weighted by molar-refractivity contribution is -0.115. The number of hydrogen-bond acceptors (Lipinski definition) is 7. The predicted molar refractivity (Wildman–Crippen MR) is 136 cm³/mol. The first-order valence-corrected chi connectivity index (χ1v) is 12.6. The van der Waals surface area contributed by atoms with Gasteiger partial charge in [-0.15, -0.1) is 23.1 Å². The molecule has 2 N–H and O–H groups in total. The average molecular weight is 494 g/mol. The maximum Gasteiger partial charge on any atom is 0.259 e. The number of fused-ring (bicyclic) bond motifs is 2. The van der Waals surface area contributed by atoms with E-state index >= 15 is 0 Å². The molecule has 1 atom stereocenters. The van der Waals surface area contributed by atoms with Crippen molar-refractivity contribution in [2.45, 2.75) is 38.3 Å². The van der Waals surface area contributed by atoms with Gasteiger partial charge in [0.15, 0.2) is 0 Å². The quantitative estimate of drug-likeness (QED) is 0.357. The molecule has 11 heteroatoms. The number of carbonyl (C=O) groups is 1. The number of hydrogen-bond donors (Lipinski definition) is 2. The number of amides is 1. The average Bonchev–Trinajstić information content (AvgIpc) is 3.49. The minimum atomic E-state index is -0.338. The highest BCUT2D eigenvalue weighted by Crippen LogP contribution is 2.26. The SMILES string of the molecule is Cc1sc2nc(CSC(C)C(=O)Nc3cnn(Cc4cn5ccccc5n4)c3)[nH]c(=O)c2c1C. The highest BCUT2D eigenvalue weighted by atomic mass is 32.2. The zero-order valence-electron chi connectivity index (χ0n) is 18.9. The fourth-order valence-corrected chi connectivity index (χ4v) is 5.44. The number of rotatable bonds is 7. The summed E-state index contributed by atoms with van der Waals surface area (Å²) in [5.41, 5.74) is 3.23. The highest BCUT2D eigenvalue weighted by Gasteiger charge is 2.17. The number of aryl methyl sites for hydroxylation is 2. The van der Waals surface area contributed by atoms with Crippen molar-refractivity contribution in [3.8, 4) is 0 Å². The molecule has 9 nitrogen and oxygen atoms in total. The number of aromatic nitrogens is 6. The summed E-state index contributed by atoms with van der Waals surface area (Å²) in [5.74, 6) is 0.871. The number of nitrogens with zero attached hydrogens (tertiary/aromatic N) is 5. The van der Waals surface area contributed by atoms with Crippen molar-refractivity contribution in [2.75, 3.05) is 5.32 Å². The van der Waals surface area contributed by atoms with E-state index in [0.29, 0.717) is 29.2 Å². The molecule has 0 aliphatic carbocycles. The number of anilines is 1. The van der Waals surface area contributed by atoms with Gasteiger partial charge in [0.05, 0.1) is 40.5 Å². The van der Waals surface area contributed by atoms with E-state index in [1.165, 1.54) is 23.1 Å². The molecule has 0 aliphatic heterocycles. The first-order chi connectivity index (χ1) is 16.4. The molecule has 174 valence electrons. The first-order valence-electron chi connectivity index (χ1n) is 10.7. The summed E-state index contributed by atoms with van der Waals surface area (Å²) < 4.78 is 3.70. The smallest absolute Gasteiger partial charge is 0.259 e.